The fraction of sp³-hybridized carbons (Fsp3) is 0.944. The third-order valence-corrected chi connectivity index (χ3v) is 7.97. The van der Waals surface area contributed by atoms with Crippen LogP contribution in [0.2, 0.25) is 0 Å². The molecular formula is C36H70O5Ti. The van der Waals surface area contributed by atoms with Crippen LogP contribution in [0.1, 0.15) is 219 Å². The number of hydrogen-bond acceptors (Lipinski definition) is 5. The van der Waals surface area contributed by atoms with E-state index in [2.05, 4.69) is 13.8 Å². The number of aliphatic carboxylic acids is 2. The summed E-state index contributed by atoms with van der Waals surface area (Å²) in [5.74, 6) is -1.81. The first kappa shape index (κ1) is 45.9. The van der Waals surface area contributed by atoms with E-state index in [0.29, 0.717) is 0 Å². The van der Waals surface area contributed by atoms with Crippen molar-refractivity contribution >= 4 is 11.9 Å². The van der Waals surface area contributed by atoms with Crippen LogP contribution in [0.3, 0.4) is 0 Å². The van der Waals surface area contributed by atoms with Crippen molar-refractivity contribution in [2.45, 2.75) is 219 Å². The van der Waals surface area contributed by atoms with Gasteiger partial charge in [0.1, 0.15) is 0 Å². The van der Waals surface area contributed by atoms with Gasteiger partial charge in [-0.1, -0.05) is 194 Å². The van der Waals surface area contributed by atoms with Crippen LogP contribution in [0, 0.1) is 0 Å². The number of hydrogen-bond donors (Lipinski definition) is 0. The minimum atomic E-state index is -0.903. The molecule has 0 fully saturated rings. The summed E-state index contributed by atoms with van der Waals surface area (Å²) in [6, 6.07) is 0. The Kier molecular flexibility index (Phi) is 49.0. The van der Waals surface area contributed by atoms with E-state index in [1.165, 1.54) is 167 Å². The van der Waals surface area contributed by atoms with Gasteiger partial charge in [-0.2, -0.15) is 0 Å². The predicted octanol–water partition coefficient (Wildman–Crippen LogP) is 9.87. The van der Waals surface area contributed by atoms with E-state index in [9.17, 15) is 19.8 Å². The van der Waals surface area contributed by atoms with Crippen LogP contribution < -0.4 is 10.2 Å². The average Bonchev–Trinajstić information content (AvgIpc) is 2.98. The predicted molar refractivity (Wildman–Crippen MR) is 170 cm³/mol. The van der Waals surface area contributed by atoms with Crippen LogP contribution in [0.25, 0.3) is 0 Å². The van der Waals surface area contributed by atoms with Crippen LogP contribution in [-0.4, -0.2) is 11.9 Å². The van der Waals surface area contributed by atoms with E-state index >= 15 is 0 Å². The van der Waals surface area contributed by atoms with Crippen LogP contribution in [0.4, 0.5) is 0 Å². The molecule has 0 radical (unpaired) electrons. The molecule has 248 valence electrons. The molecule has 0 unspecified atom stereocenters. The molecule has 0 spiro atoms. The Labute approximate surface area is 273 Å². The molecule has 0 heterocycles. The summed E-state index contributed by atoms with van der Waals surface area (Å²) >= 11 is 0.750. The van der Waals surface area contributed by atoms with Gasteiger partial charge in [0.05, 0.1) is 0 Å². The number of carbonyl (C=O) groups is 2. The molecule has 6 heteroatoms. The Morgan fingerprint density at radius 2 is 0.476 bits per heavy atom. The molecule has 0 aromatic heterocycles. The fourth-order valence-corrected chi connectivity index (χ4v) is 5.28. The molecule has 0 atom stereocenters. The van der Waals surface area contributed by atoms with Gasteiger partial charge in [-0.3, -0.25) is 0 Å². The molecule has 0 aliphatic carbocycles. The van der Waals surface area contributed by atoms with Gasteiger partial charge in [-0.15, -0.1) is 0 Å². The van der Waals surface area contributed by atoms with E-state index in [1.807, 2.05) is 0 Å². The van der Waals surface area contributed by atoms with Gasteiger partial charge in [0.15, 0.2) is 0 Å². The van der Waals surface area contributed by atoms with Crippen LogP contribution in [0.15, 0.2) is 0 Å². The second-order valence-electron chi connectivity index (χ2n) is 12.1. The third-order valence-electron chi connectivity index (χ3n) is 7.97. The topological polar surface area (TPSA) is 97.3 Å². The van der Waals surface area contributed by atoms with Crippen molar-refractivity contribution in [2.75, 3.05) is 0 Å². The number of carboxylic acids is 2. The van der Waals surface area contributed by atoms with Gasteiger partial charge in [-0.25, -0.2) is 0 Å². The second-order valence-corrected chi connectivity index (χ2v) is 12.1. The summed E-state index contributed by atoms with van der Waals surface area (Å²) in [7, 11) is 0. The minimum absolute atomic E-state index is 0.234. The van der Waals surface area contributed by atoms with Gasteiger partial charge in [0.2, 0.25) is 0 Å². The van der Waals surface area contributed by atoms with Gasteiger partial charge in [0, 0.05) is 11.9 Å². The standard InChI is InChI=1S/2C18H36O2.O.Ti/c2*1-2-3-4-5-6-7-8-9-10-11-12-13-14-15-16-17-18(19)20;;/h2*2-17H2,1H3,(H,19,20);;/q;;;+2/p-2. The summed E-state index contributed by atoms with van der Waals surface area (Å²) in [5.41, 5.74) is 0. The number of unbranched alkanes of at least 4 members (excludes halogenated alkanes) is 28. The van der Waals surface area contributed by atoms with E-state index < -0.39 is 11.9 Å². The van der Waals surface area contributed by atoms with Crippen LogP contribution in [0.5, 0.6) is 0 Å². The molecule has 0 aliphatic heterocycles. The number of rotatable bonds is 32. The summed E-state index contributed by atoms with van der Waals surface area (Å²) < 4.78 is 8.25. The Bertz CT molecular complexity index is 471. The number of carboxylic acid groups (broad SMARTS) is 2. The van der Waals surface area contributed by atoms with Crippen molar-refractivity contribution in [1.82, 2.24) is 0 Å². The summed E-state index contributed by atoms with van der Waals surface area (Å²) in [4.78, 5) is 20.4. The van der Waals surface area contributed by atoms with Crippen molar-refractivity contribution in [3.05, 3.63) is 0 Å². The normalized spacial score (nSPS) is 10.5. The molecule has 0 rings (SSSR count). The van der Waals surface area contributed by atoms with Crippen molar-refractivity contribution in [3.63, 3.8) is 0 Å². The Balaban J connectivity index is -0.000000683. The first-order chi connectivity index (χ1) is 20.5. The van der Waals surface area contributed by atoms with Crippen LogP contribution >= 0.6 is 0 Å². The van der Waals surface area contributed by atoms with Crippen molar-refractivity contribution in [1.29, 1.82) is 0 Å². The zero-order chi connectivity index (χ0) is 31.8. The Hall–Kier alpha value is -0.546. The molecular weight excluding hydrogens is 560 g/mol. The Morgan fingerprint density at radius 1 is 0.333 bits per heavy atom. The summed E-state index contributed by atoms with van der Waals surface area (Å²) in [6.45, 7) is 4.53. The van der Waals surface area contributed by atoms with E-state index in [4.69, 9.17) is 3.32 Å². The van der Waals surface area contributed by atoms with Crippen molar-refractivity contribution < 1.29 is 43.5 Å². The van der Waals surface area contributed by atoms with Gasteiger partial charge in [0.25, 0.3) is 0 Å². The SMILES string of the molecule is CCCCCCCCCCCCCCCCCC(=O)[O-].CCCCCCCCCCCCCCCCCC(=O)[O-].[O]=[Ti+2]. The molecule has 0 aromatic carbocycles. The average molecular weight is 631 g/mol. The fourth-order valence-electron chi connectivity index (χ4n) is 5.28. The Morgan fingerprint density at radius 3 is 0.619 bits per heavy atom. The molecule has 5 nitrogen and oxygen atoms in total. The second kappa shape index (κ2) is 44.9. The van der Waals surface area contributed by atoms with Crippen molar-refractivity contribution in [3.8, 4) is 0 Å². The van der Waals surface area contributed by atoms with Gasteiger partial charge in [-0.05, 0) is 25.7 Å². The molecule has 0 saturated heterocycles. The molecule has 0 saturated carbocycles. The van der Waals surface area contributed by atoms with Gasteiger partial charge >= 0.3 is 23.7 Å². The molecule has 0 aliphatic rings. The monoisotopic (exact) mass is 630 g/mol. The molecule has 0 N–H and O–H groups in total. The first-order valence-corrected chi connectivity index (χ1v) is 18.8. The van der Waals surface area contributed by atoms with E-state index in [-0.39, 0.29) is 12.8 Å². The van der Waals surface area contributed by atoms with E-state index in [1.54, 1.807) is 0 Å². The van der Waals surface area contributed by atoms with Gasteiger partial charge < -0.3 is 19.8 Å². The summed E-state index contributed by atoms with van der Waals surface area (Å²) in [5, 5.41) is 20.4. The van der Waals surface area contributed by atoms with Crippen molar-refractivity contribution in [2.24, 2.45) is 0 Å². The molecule has 0 bridgehead atoms. The van der Waals surface area contributed by atoms with Crippen LogP contribution in [-0.2, 0) is 33.3 Å². The quantitative estimate of drug-likeness (QED) is 0.0544. The molecule has 0 aromatic rings. The maximum atomic E-state index is 10.2. The third kappa shape index (κ3) is 52.1. The summed E-state index contributed by atoms with van der Waals surface area (Å²) in [6.07, 6.45) is 39.7. The molecule has 0 amide bonds. The first-order valence-electron chi connectivity index (χ1n) is 18.1. The number of carbonyl (C=O) groups excluding carboxylic acids is 2. The maximum absolute atomic E-state index is 10.2. The van der Waals surface area contributed by atoms with E-state index in [0.717, 1.165) is 46.1 Å². The zero-order valence-corrected chi connectivity index (χ0v) is 29.7. The molecule has 42 heavy (non-hydrogen) atoms. The zero-order valence-electron chi connectivity index (χ0n) is 28.2.